The van der Waals surface area contributed by atoms with Gasteiger partial charge in [-0.25, -0.2) is 26.3 Å². The molecule has 5 rings (SSSR count). The lowest BCUT2D eigenvalue weighted by Gasteiger charge is -2.29. The first-order chi connectivity index (χ1) is 23.2. The van der Waals surface area contributed by atoms with Gasteiger partial charge in [0.15, 0.2) is 0 Å². The van der Waals surface area contributed by atoms with Crippen LogP contribution in [0.2, 0.25) is 0 Å². The van der Waals surface area contributed by atoms with Crippen LogP contribution in [0.5, 0.6) is 0 Å². The van der Waals surface area contributed by atoms with Gasteiger partial charge in [0.2, 0.25) is 20.0 Å². The first-order valence-electron chi connectivity index (χ1n) is 15.0. The van der Waals surface area contributed by atoms with Crippen molar-refractivity contribution in [2.24, 2.45) is 0 Å². The Balaban J connectivity index is 1.51. The number of nitrogens with one attached hydrogen (secondary N) is 4. The van der Waals surface area contributed by atoms with Crippen molar-refractivity contribution < 1.29 is 16.8 Å². The van der Waals surface area contributed by atoms with E-state index in [4.69, 9.17) is 12.8 Å². The second-order valence-corrected chi connectivity index (χ2v) is 14.3. The minimum absolute atomic E-state index is 0.239. The van der Waals surface area contributed by atoms with Gasteiger partial charge in [-0.05, 0) is 40.5 Å². The van der Waals surface area contributed by atoms with E-state index in [1.165, 1.54) is 18.2 Å². The molecule has 0 fully saturated rings. The van der Waals surface area contributed by atoms with Crippen LogP contribution in [0.15, 0.2) is 155 Å². The third kappa shape index (κ3) is 8.13. The lowest BCUT2D eigenvalue weighted by Crippen LogP contribution is -2.38. The van der Waals surface area contributed by atoms with Gasteiger partial charge in [-0.3, -0.25) is 0 Å². The van der Waals surface area contributed by atoms with E-state index in [9.17, 15) is 16.8 Å². The van der Waals surface area contributed by atoms with E-state index in [0.29, 0.717) is 11.1 Å². The van der Waals surface area contributed by atoms with Crippen LogP contribution in [0.3, 0.4) is 0 Å². The molecule has 0 amide bonds. The molecule has 0 aliphatic heterocycles. The molecular weight excluding hydrogens is 641 g/mol. The fourth-order valence-electron chi connectivity index (χ4n) is 5.48. The van der Waals surface area contributed by atoms with Crippen molar-refractivity contribution in [2.45, 2.75) is 34.0 Å². The highest BCUT2D eigenvalue weighted by Gasteiger charge is 2.32. The van der Waals surface area contributed by atoms with Crippen molar-refractivity contribution in [3.05, 3.63) is 168 Å². The van der Waals surface area contributed by atoms with Gasteiger partial charge in [0, 0.05) is 12.1 Å². The molecule has 0 saturated heterocycles. The van der Waals surface area contributed by atoms with Crippen LogP contribution in [0.1, 0.15) is 46.4 Å². The Bertz CT molecular complexity index is 1950. The average Bonchev–Trinajstić information content (AvgIpc) is 3.13. The molecule has 0 aromatic heterocycles. The first kappa shape index (κ1) is 34.0. The van der Waals surface area contributed by atoms with E-state index < -0.39 is 44.2 Å². The molecule has 5 aromatic carbocycles. The van der Waals surface area contributed by atoms with Crippen molar-refractivity contribution in [2.75, 3.05) is 0 Å². The van der Waals surface area contributed by atoms with Gasteiger partial charge >= 0.3 is 0 Å². The quantitative estimate of drug-likeness (QED) is 0.0905. The maximum absolute atomic E-state index is 14.0. The molecule has 0 saturated carbocycles. The molecule has 0 unspecified atom stereocenters. The maximum atomic E-state index is 14.0. The fraction of sp³-hybridized carbons (Fsp3) is 0.105. The van der Waals surface area contributed by atoms with E-state index in [1.807, 2.05) is 72.8 Å². The summed E-state index contributed by atoms with van der Waals surface area (Å²) in [5.74, 6) is 0. The number of sulfonamides is 2. The predicted octanol–water partition coefficient (Wildman–Crippen LogP) is 5.57. The van der Waals surface area contributed by atoms with Crippen LogP contribution >= 0.6 is 0 Å². The van der Waals surface area contributed by atoms with Gasteiger partial charge in [-0.2, -0.15) is 0 Å². The van der Waals surface area contributed by atoms with Crippen molar-refractivity contribution in [3.8, 4) is 24.9 Å². The van der Waals surface area contributed by atoms with Gasteiger partial charge in [0.25, 0.3) is 0 Å². The molecular formula is C38H34N4O4S2. The Hall–Kier alpha value is -5.36. The van der Waals surface area contributed by atoms with Crippen LogP contribution in [0.4, 0.5) is 0 Å². The molecule has 0 aliphatic rings. The zero-order valence-electron chi connectivity index (χ0n) is 25.8. The van der Waals surface area contributed by atoms with E-state index in [0.717, 1.165) is 17.2 Å². The van der Waals surface area contributed by atoms with Crippen molar-refractivity contribution in [1.29, 1.82) is 0 Å². The summed E-state index contributed by atoms with van der Waals surface area (Å²) in [5, 5.41) is 5.91. The van der Waals surface area contributed by atoms with Gasteiger partial charge in [0.1, 0.15) is 0 Å². The Morgan fingerprint density at radius 1 is 0.417 bits per heavy atom. The zero-order chi connectivity index (χ0) is 34.0. The smallest absolute Gasteiger partial charge is 0.241 e. The summed E-state index contributed by atoms with van der Waals surface area (Å²) in [4.78, 5) is -0.479. The highest BCUT2D eigenvalue weighted by atomic mass is 32.2. The maximum Gasteiger partial charge on any atom is 0.241 e. The zero-order valence-corrected chi connectivity index (χ0v) is 27.4. The summed E-state index contributed by atoms with van der Waals surface area (Å²) in [6.45, 7) is 0. The Labute approximate surface area is 282 Å². The third-order valence-corrected chi connectivity index (χ3v) is 10.6. The first-order valence-corrected chi connectivity index (χ1v) is 18.0. The number of benzene rings is 5. The minimum atomic E-state index is -4.30. The standard InChI is InChI=1S/C38H34N4O4S2/c1-3-39-35(29-18-9-5-10-19-29)37(31-22-13-7-14-23-31)41-47(43,44)33-26-17-27-34(28-33)48(45,46)42-38(32-24-15-8-16-25-32)36(40-4-2)30-20-11-6-12-21-30/h1-2,5-28,35-42H/t35-,36-,37-,38-/m1/s1. The second-order valence-electron chi connectivity index (χ2n) is 10.8. The van der Waals surface area contributed by atoms with Crippen molar-refractivity contribution >= 4 is 20.0 Å². The van der Waals surface area contributed by atoms with E-state index in [1.54, 1.807) is 48.5 Å². The SMILES string of the molecule is C#CN[C@H](c1ccccc1)[C@H](NS(=O)(=O)c1cccc(S(=O)(=O)N[C@H](c2ccccc2)[C@H](NC#C)c2ccccc2)c1)c1ccccc1. The normalized spacial score (nSPS) is 14.0. The summed E-state index contributed by atoms with van der Waals surface area (Å²) >= 11 is 0. The monoisotopic (exact) mass is 674 g/mol. The molecule has 0 spiro atoms. The third-order valence-electron chi connectivity index (χ3n) is 7.77. The molecule has 0 bridgehead atoms. The second kappa shape index (κ2) is 15.5. The summed E-state index contributed by atoms with van der Waals surface area (Å²) in [6, 6.07) is 43.6. The Morgan fingerprint density at radius 3 is 1.00 bits per heavy atom. The average molecular weight is 675 g/mol. The molecule has 242 valence electrons. The Morgan fingerprint density at radius 2 is 0.708 bits per heavy atom. The molecule has 5 aromatic rings. The molecule has 4 atom stereocenters. The molecule has 0 radical (unpaired) electrons. The minimum Gasteiger partial charge on any atom is -0.337 e. The van der Waals surface area contributed by atoms with Gasteiger partial charge < -0.3 is 10.6 Å². The van der Waals surface area contributed by atoms with Crippen LogP contribution < -0.4 is 20.1 Å². The molecule has 10 heteroatoms. The summed E-state index contributed by atoms with van der Waals surface area (Å²) < 4.78 is 61.6. The van der Waals surface area contributed by atoms with E-state index in [2.05, 4.69) is 32.2 Å². The summed E-state index contributed by atoms with van der Waals surface area (Å²) in [6.07, 6.45) is 11.3. The highest BCUT2D eigenvalue weighted by Crippen LogP contribution is 2.33. The number of hydrogen-bond donors (Lipinski definition) is 4. The molecule has 0 aliphatic carbocycles. The van der Waals surface area contributed by atoms with Crippen LogP contribution in [-0.4, -0.2) is 16.8 Å². The Kier molecular flexibility index (Phi) is 11.0. The van der Waals surface area contributed by atoms with Crippen LogP contribution in [0.25, 0.3) is 0 Å². The van der Waals surface area contributed by atoms with Gasteiger partial charge in [0.05, 0.1) is 34.0 Å². The number of hydrogen-bond acceptors (Lipinski definition) is 6. The summed E-state index contributed by atoms with van der Waals surface area (Å²) in [5.41, 5.74) is 2.82. The molecule has 48 heavy (non-hydrogen) atoms. The molecule has 8 nitrogen and oxygen atoms in total. The van der Waals surface area contributed by atoms with Gasteiger partial charge in [-0.15, -0.1) is 0 Å². The largest absolute Gasteiger partial charge is 0.337 e. The number of rotatable bonds is 14. The van der Waals surface area contributed by atoms with E-state index in [-0.39, 0.29) is 9.79 Å². The van der Waals surface area contributed by atoms with Gasteiger partial charge in [-0.1, -0.05) is 140 Å². The van der Waals surface area contributed by atoms with E-state index >= 15 is 0 Å². The fourth-order valence-corrected chi connectivity index (χ4v) is 8.11. The topological polar surface area (TPSA) is 116 Å². The van der Waals surface area contributed by atoms with Crippen molar-refractivity contribution in [3.63, 3.8) is 0 Å². The summed E-state index contributed by atoms with van der Waals surface area (Å²) in [7, 11) is -8.60. The molecule has 4 N–H and O–H groups in total. The predicted molar refractivity (Wildman–Crippen MR) is 188 cm³/mol. The highest BCUT2D eigenvalue weighted by molar-refractivity contribution is 7.90. The van der Waals surface area contributed by atoms with Crippen LogP contribution in [0, 0.1) is 24.9 Å². The lowest BCUT2D eigenvalue weighted by molar-refractivity contribution is 0.468. The van der Waals surface area contributed by atoms with Crippen molar-refractivity contribution in [1.82, 2.24) is 20.1 Å². The number of terminal acetylenes is 2. The molecule has 0 heterocycles. The van der Waals surface area contributed by atoms with Crippen LogP contribution in [-0.2, 0) is 20.0 Å². The lowest BCUT2D eigenvalue weighted by atomic mass is 9.94.